The molecule has 0 aromatic heterocycles. The van der Waals surface area contributed by atoms with Crippen LogP contribution in [-0.2, 0) is 9.60 Å². The van der Waals surface area contributed by atoms with Gasteiger partial charge in [-0.3, -0.25) is 0 Å². The molecule has 1 aliphatic heterocycles. The van der Waals surface area contributed by atoms with Crippen molar-refractivity contribution in [2.75, 3.05) is 26.2 Å². The summed E-state index contributed by atoms with van der Waals surface area (Å²) in [5, 5.41) is 6.44. The second kappa shape index (κ2) is 7.91. The van der Waals surface area contributed by atoms with Crippen molar-refractivity contribution < 1.29 is 4.55 Å². The Balaban J connectivity index is 0.000000180. The van der Waals surface area contributed by atoms with Crippen molar-refractivity contribution in [3.05, 3.63) is 0 Å². The topological polar surface area (TPSA) is 47.1 Å². The summed E-state index contributed by atoms with van der Waals surface area (Å²) in [5.74, 6) is 0. The number of halogens is 2. The minimum absolute atomic E-state index is 1.14. The van der Waals surface area contributed by atoms with Crippen molar-refractivity contribution in [2.24, 2.45) is 0 Å². The molecular formula is C4H10Cl2N2OS. The predicted molar refractivity (Wildman–Crippen MR) is 45.6 cm³/mol. The number of piperazine rings is 1. The van der Waals surface area contributed by atoms with Gasteiger partial charge in [0.25, 0.3) is 0 Å². The molecule has 10 heavy (non-hydrogen) atoms. The molecule has 0 atom stereocenters. The lowest BCUT2D eigenvalue weighted by molar-refractivity contribution is 0.534. The van der Waals surface area contributed by atoms with Gasteiger partial charge in [0.05, 0.1) is 0 Å². The molecule has 0 aliphatic carbocycles. The van der Waals surface area contributed by atoms with Crippen LogP contribution < -0.4 is 10.6 Å². The highest BCUT2D eigenvalue weighted by atomic mass is 36.0. The van der Waals surface area contributed by atoms with Gasteiger partial charge < -0.3 is 15.2 Å². The van der Waals surface area contributed by atoms with Crippen LogP contribution in [0.2, 0.25) is 0 Å². The first-order chi connectivity index (χ1) is 4.73. The Labute approximate surface area is 72.6 Å². The maximum Gasteiger partial charge on any atom is 0.198 e. The Bertz CT molecular complexity index is 58.0. The molecule has 1 aliphatic rings. The van der Waals surface area contributed by atoms with E-state index in [9.17, 15) is 0 Å². The lowest BCUT2D eigenvalue weighted by Gasteiger charge is -2.11. The van der Waals surface area contributed by atoms with Crippen molar-refractivity contribution >= 4 is 31.0 Å². The summed E-state index contributed by atoms with van der Waals surface area (Å²) < 4.78 is 9.09. The molecule has 1 rings (SSSR count). The first-order valence-electron chi connectivity index (χ1n) is 2.89. The van der Waals surface area contributed by atoms with Gasteiger partial charge in [-0.2, -0.15) is 0 Å². The maximum atomic E-state index is 9.09. The summed E-state index contributed by atoms with van der Waals surface area (Å²) in [4.78, 5) is 0. The molecule has 0 bridgehead atoms. The molecule has 0 aromatic carbocycles. The lowest BCUT2D eigenvalue weighted by atomic mass is 10.4. The van der Waals surface area contributed by atoms with Gasteiger partial charge in [0.1, 0.15) is 0 Å². The van der Waals surface area contributed by atoms with E-state index in [0.29, 0.717) is 0 Å². The van der Waals surface area contributed by atoms with Crippen LogP contribution in [-0.4, -0.2) is 30.7 Å². The van der Waals surface area contributed by atoms with E-state index in [-0.39, 0.29) is 0 Å². The van der Waals surface area contributed by atoms with Crippen LogP contribution in [0.4, 0.5) is 0 Å². The van der Waals surface area contributed by atoms with Crippen LogP contribution in [0, 0.1) is 0 Å². The normalized spacial score (nSPS) is 18.0. The van der Waals surface area contributed by atoms with Gasteiger partial charge in [0.15, 0.2) is 31.0 Å². The summed E-state index contributed by atoms with van der Waals surface area (Å²) in [6.45, 7) is 4.56. The van der Waals surface area contributed by atoms with Crippen molar-refractivity contribution in [2.45, 2.75) is 0 Å². The van der Waals surface area contributed by atoms with Crippen molar-refractivity contribution in [3.63, 3.8) is 0 Å². The van der Waals surface area contributed by atoms with Crippen molar-refractivity contribution in [3.8, 4) is 0 Å². The zero-order valence-electron chi connectivity index (χ0n) is 5.40. The molecular weight excluding hydrogens is 195 g/mol. The standard InChI is InChI=1S/C4H10N2.Cl2OS/c1-2-6-4-3-5-1;1-4(2)3/h5-6H,1-4H2;. The summed E-state index contributed by atoms with van der Waals surface area (Å²) >= 11 is 0. The molecule has 0 unspecified atom stereocenters. The molecule has 3 nitrogen and oxygen atoms in total. The molecule has 62 valence electrons. The van der Waals surface area contributed by atoms with Gasteiger partial charge in [-0.1, -0.05) is 0 Å². The summed E-state index contributed by atoms with van der Waals surface area (Å²) in [6.07, 6.45) is 0. The molecule has 0 radical (unpaired) electrons. The van der Waals surface area contributed by atoms with E-state index in [0.717, 1.165) is 26.2 Å². The van der Waals surface area contributed by atoms with Crippen LogP contribution in [0.3, 0.4) is 0 Å². The van der Waals surface area contributed by atoms with Gasteiger partial charge in [0, 0.05) is 26.2 Å². The third kappa shape index (κ3) is 11.6. The molecule has 1 saturated heterocycles. The Morgan fingerprint density at radius 2 is 1.20 bits per heavy atom. The third-order valence-electron chi connectivity index (χ3n) is 0.957. The zero-order valence-corrected chi connectivity index (χ0v) is 7.73. The zero-order chi connectivity index (χ0) is 7.82. The Morgan fingerprint density at radius 3 is 1.30 bits per heavy atom. The minimum atomic E-state index is -1.67. The highest BCUT2D eigenvalue weighted by Gasteiger charge is 1.91. The van der Waals surface area contributed by atoms with Crippen molar-refractivity contribution in [1.82, 2.24) is 10.6 Å². The molecule has 0 spiro atoms. The van der Waals surface area contributed by atoms with Gasteiger partial charge >= 0.3 is 0 Å². The lowest BCUT2D eigenvalue weighted by Crippen LogP contribution is -2.39. The fourth-order valence-corrected chi connectivity index (χ4v) is 0.604. The number of hydrogen-bond acceptors (Lipinski definition) is 3. The Kier molecular flexibility index (Phi) is 8.55. The van der Waals surface area contributed by atoms with E-state index in [2.05, 4.69) is 32.0 Å². The first-order valence-corrected chi connectivity index (χ1v) is 5.69. The predicted octanol–water partition coefficient (Wildman–Crippen LogP) is 0.222. The SMILES string of the molecule is C1CNCCN1.[O-][S+](Cl)Cl. The molecule has 1 fully saturated rings. The van der Waals surface area contributed by atoms with E-state index in [1.165, 1.54) is 0 Å². The highest BCUT2D eigenvalue weighted by molar-refractivity contribution is 8.31. The molecule has 0 saturated carbocycles. The molecule has 0 aromatic rings. The van der Waals surface area contributed by atoms with Crippen molar-refractivity contribution in [1.29, 1.82) is 0 Å². The molecule has 6 heteroatoms. The Morgan fingerprint density at radius 1 is 1.00 bits per heavy atom. The fourth-order valence-electron chi connectivity index (χ4n) is 0.604. The van der Waals surface area contributed by atoms with E-state index in [1.54, 1.807) is 0 Å². The Hall–Kier alpha value is 0.810. The van der Waals surface area contributed by atoms with E-state index < -0.39 is 9.60 Å². The smallest absolute Gasteiger partial charge is 0.198 e. The van der Waals surface area contributed by atoms with E-state index in [1.807, 2.05) is 0 Å². The van der Waals surface area contributed by atoms with E-state index >= 15 is 0 Å². The number of hydrogen-bond donors (Lipinski definition) is 2. The van der Waals surface area contributed by atoms with Crippen LogP contribution >= 0.6 is 21.4 Å². The monoisotopic (exact) mass is 204 g/mol. The maximum absolute atomic E-state index is 9.09. The first kappa shape index (κ1) is 10.8. The quantitative estimate of drug-likeness (QED) is 0.556. The fraction of sp³-hybridized carbons (Fsp3) is 1.00. The van der Waals surface area contributed by atoms with Gasteiger partial charge in [-0.25, -0.2) is 0 Å². The molecule has 0 amide bonds. The summed E-state index contributed by atoms with van der Waals surface area (Å²) in [7, 11) is 7.36. The minimum Gasteiger partial charge on any atom is -0.582 e. The third-order valence-corrected chi connectivity index (χ3v) is 0.957. The second-order valence-corrected chi connectivity index (χ2v) is 4.21. The van der Waals surface area contributed by atoms with E-state index in [4.69, 9.17) is 4.55 Å². The average molecular weight is 205 g/mol. The van der Waals surface area contributed by atoms with Crippen LogP contribution in [0.5, 0.6) is 0 Å². The van der Waals surface area contributed by atoms with Gasteiger partial charge in [-0.05, 0) is 0 Å². The highest BCUT2D eigenvalue weighted by Crippen LogP contribution is 1.98. The van der Waals surface area contributed by atoms with Crippen LogP contribution in [0.25, 0.3) is 0 Å². The summed E-state index contributed by atoms with van der Waals surface area (Å²) in [5.41, 5.74) is 0. The second-order valence-electron chi connectivity index (χ2n) is 1.68. The largest absolute Gasteiger partial charge is 0.582 e. The van der Waals surface area contributed by atoms with Crippen LogP contribution in [0.1, 0.15) is 0 Å². The number of rotatable bonds is 0. The van der Waals surface area contributed by atoms with Crippen LogP contribution in [0.15, 0.2) is 0 Å². The number of nitrogens with one attached hydrogen (secondary N) is 2. The van der Waals surface area contributed by atoms with Gasteiger partial charge in [0.2, 0.25) is 0 Å². The van der Waals surface area contributed by atoms with Gasteiger partial charge in [-0.15, -0.1) is 0 Å². The average Bonchev–Trinajstić information content (AvgIpc) is 1.90. The summed E-state index contributed by atoms with van der Waals surface area (Å²) in [6, 6.07) is 0. The molecule has 2 N–H and O–H groups in total. The molecule has 1 heterocycles.